The fraction of sp³-hybridized carbons (Fsp3) is 0.467. The summed E-state index contributed by atoms with van der Waals surface area (Å²) in [6, 6.07) is 6.17. The van der Waals surface area contributed by atoms with Gasteiger partial charge in [0.2, 0.25) is 21.8 Å². The second kappa shape index (κ2) is 8.07. The summed E-state index contributed by atoms with van der Waals surface area (Å²) in [5, 5.41) is 10.4. The van der Waals surface area contributed by atoms with Crippen molar-refractivity contribution in [3.05, 3.63) is 35.4 Å². The van der Waals surface area contributed by atoms with Crippen molar-refractivity contribution in [3.8, 4) is 0 Å². The zero-order valence-corrected chi connectivity index (χ0v) is 14.3. The Morgan fingerprint density at radius 2 is 1.65 bits per heavy atom. The summed E-state index contributed by atoms with van der Waals surface area (Å²) in [5.41, 5.74) is 1.41. The number of hydrogen-bond donors (Lipinski definition) is 3. The molecule has 4 N–H and O–H groups in total. The second-order valence-corrected chi connectivity index (χ2v) is 7.38. The topological polar surface area (TPSA) is 118 Å². The van der Waals surface area contributed by atoms with Crippen LogP contribution in [0, 0.1) is 5.92 Å². The van der Waals surface area contributed by atoms with Gasteiger partial charge in [-0.05, 0) is 17.0 Å². The average molecular weight is 341 g/mol. The molecular formula is C15H23N3O4S. The molecule has 8 heteroatoms. The molecule has 0 radical (unpaired) electrons. The van der Waals surface area contributed by atoms with E-state index in [4.69, 9.17) is 5.14 Å². The summed E-state index contributed by atoms with van der Waals surface area (Å²) in [6.45, 7) is 5.36. The third-order valence-electron chi connectivity index (χ3n) is 3.17. The van der Waals surface area contributed by atoms with E-state index in [1.807, 2.05) is 13.8 Å². The lowest BCUT2D eigenvalue weighted by Crippen LogP contribution is -2.48. The second-order valence-electron chi connectivity index (χ2n) is 5.76. The Labute approximate surface area is 136 Å². The van der Waals surface area contributed by atoms with E-state index >= 15 is 0 Å². The highest BCUT2D eigenvalue weighted by atomic mass is 32.2. The van der Waals surface area contributed by atoms with E-state index in [9.17, 15) is 18.0 Å². The van der Waals surface area contributed by atoms with Gasteiger partial charge in [0.05, 0.1) is 5.75 Å². The number of nitrogens with one attached hydrogen (secondary N) is 2. The van der Waals surface area contributed by atoms with Gasteiger partial charge in [-0.25, -0.2) is 13.6 Å². The van der Waals surface area contributed by atoms with Crippen molar-refractivity contribution in [2.45, 2.75) is 39.1 Å². The van der Waals surface area contributed by atoms with Crippen molar-refractivity contribution in [3.63, 3.8) is 0 Å². The number of rotatable bonds is 7. The summed E-state index contributed by atoms with van der Waals surface area (Å²) in [6.07, 6.45) is 0. The number of primary sulfonamides is 1. The number of benzene rings is 1. The smallest absolute Gasteiger partial charge is 0.243 e. The Hall–Kier alpha value is -1.93. The molecule has 0 aliphatic heterocycles. The molecule has 0 saturated heterocycles. The number of carbonyl (C=O) groups is 2. The van der Waals surface area contributed by atoms with E-state index in [1.54, 1.807) is 24.3 Å². The van der Waals surface area contributed by atoms with E-state index in [1.165, 1.54) is 6.92 Å². The van der Waals surface area contributed by atoms with Gasteiger partial charge in [-0.1, -0.05) is 38.1 Å². The van der Waals surface area contributed by atoms with Crippen LogP contribution in [0.5, 0.6) is 0 Å². The molecule has 0 saturated carbocycles. The molecule has 7 nitrogen and oxygen atoms in total. The largest absolute Gasteiger partial charge is 0.350 e. The van der Waals surface area contributed by atoms with Crippen molar-refractivity contribution >= 4 is 21.8 Å². The Balaban J connectivity index is 2.63. The molecule has 1 aromatic rings. The Morgan fingerprint density at radius 1 is 1.13 bits per heavy atom. The van der Waals surface area contributed by atoms with Crippen LogP contribution in [0.3, 0.4) is 0 Å². The monoisotopic (exact) mass is 341 g/mol. The van der Waals surface area contributed by atoms with Crippen molar-refractivity contribution in [2.24, 2.45) is 11.1 Å². The summed E-state index contributed by atoms with van der Waals surface area (Å²) < 4.78 is 22.0. The molecule has 1 rings (SSSR count). The molecular weight excluding hydrogens is 318 g/mol. The minimum absolute atomic E-state index is 0.0314. The Morgan fingerprint density at radius 3 is 2.09 bits per heavy atom. The van der Waals surface area contributed by atoms with Gasteiger partial charge >= 0.3 is 0 Å². The van der Waals surface area contributed by atoms with Crippen LogP contribution < -0.4 is 15.8 Å². The fourth-order valence-corrected chi connectivity index (χ4v) is 2.70. The molecule has 0 unspecified atom stereocenters. The van der Waals surface area contributed by atoms with Crippen LogP contribution in [0.25, 0.3) is 0 Å². The minimum atomic E-state index is -3.56. The van der Waals surface area contributed by atoms with Crippen molar-refractivity contribution in [1.82, 2.24) is 10.6 Å². The number of amides is 2. The molecule has 1 atom stereocenters. The number of hydrogen-bond acceptors (Lipinski definition) is 4. The third kappa shape index (κ3) is 7.25. The lowest BCUT2D eigenvalue weighted by atomic mass is 10.0. The maximum absolute atomic E-state index is 12.1. The van der Waals surface area contributed by atoms with Gasteiger partial charge in [0.15, 0.2) is 0 Å². The molecule has 0 bridgehead atoms. The quantitative estimate of drug-likeness (QED) is 0.659. The molecule has 23 heavy (non-hydrogen) atoms. The standard InChI is InChI=1S/C15H23N3O4S/c1-10(2)14(18-11(3)19)15(20)17-8-12-4-6-13(7-5-12)9-23(16,21)22/h4-7,10,14H,8-9H2,1-3H3,(H,17,20)(H,18,19)(H2,16,21,22)/t14-/m1/s1. The van der Waals surface area contributed by atoms with E-state index < -0.39 is 16.1 Å². The normalized spacial score (nSPS) is 12.7. The molecule has 0 aliphatic carbocycles. The predicted molar refractivity (Wildman–Crippen MR) is 87.5 cm³/mol. The lowest BCUT2D eigenvalue weighted by Gasteiger charge is -2.21. The molecule has 0 aromatic heterocycles. The van der Waals surface area contributed by atoms with Crippen molar-refractivity contribution in [2.75, 3.05) is 0 Å². The first-order chi connectivity index (χ1) is 10.6. The van der Waals surface area contributed by atoms with E-state index in [0.29, 0.717) is 5.56 Å². The Kier molecular flexibility index (Phi) is 6.71. The zero-order valence-electron chi connectivity index (χ0n) is 13.5. The molecule has 0 heterocycles. The summed E-state index contributed by atoms with van der Waals surface area (Å²) in [5.74, 6) is -0.775. The van der Waals surface area contributed by atoms with Gasteiger partial charge in [-0.2, -0.15) is 0 Å². The van der Waals surface area contributed by atoms with Crippen molar-refractivity contribution in [1.29, 1.82) is 0 Å². The van der Waals surface area contributed by atoms with Gasteiger partial charge in [0, 0.05) is 13.5 Å². The zero-order chi connectivity index (χ0) is 17.6. The summed E-state index contributed by atoms with van der Waals surface area (Å²) in [4.78, 5) is 23.3. The molecule has 1 aromatic carbocycles. The fourth-order valence-electron chi connectivity index (χ4n) is 2.04. The van der Waals surface area contributed by atoms with Crippen LogP contribution in [0.1, 0.15) is 31.9 Å². The summed E-state index contributed by atoms with van der Waals surface area (Å²) in [7, 11) is -3.56. The maximum atomic E-state index is 12.1. The molecule has 2 amide bonds. The van der Waals surface area contributed by atoms with E-state index in [0.717, 1.165) is 5.56 Å². The Bertz CT molecular complexity index is 654. The van der Waals surface area contributed by atoms with Gasteiger partial charge in [-0.3, -0.25) is 9.59 Å². The molecule has 0 aliphatic rings. The first-order valence-electron chi connectivity index (χ1n) is 7.21. The molecule has 0 spiro atoms. The minimum Gasteiger partial charge on any atom is -0.350 e. The average Bonchev–Trinajstić information content (AvgIpc) is 2.41. The van der Waals surface area contributed by atoms with Crippen LogP contribution in [-0.2, 0) is 31.9 Å². The van der Waals surface area contributed by atoms with Gasteiger partial charge < -0.3 is 10.6 Å². The van der Waals surface area contributed by atoms with Crippen LogP contribution in [0.4, 0.5) is 0 Å². The third-order valence-corrected chi connectivity index (χ3v) is 3.90. The van der Waals surface area contributed by atoms with E-state index in [-0.39, 0.29) is 30.0 Å². The van der Waals surface area contributed by atoms with E-state index in [2.05, 4.69) is 10.6 Å². The van der Waals surface area contributed by atoms with Gasteiger partial charge in [0.1, 0.15) is 6.04 Å². The SMILES string of the molecule is CC(=O)N[C@@H](C(=O)NCc1ccc(CS(N)(=O)=O)cc1)C(C)C. The molecule has 0 fully saturated rings. The first kappa shape index (κ1) is 19.1. The van der Waals surface area contributed by atoms with Crippen LogP contribution in [0.15, 0.2) is 24.3 Å². The number of carbonyl (C=O) groups excluding carboxylic acids is 2. The van der Waals surface area contributed by atoms with Gasteiger partial charge in [-0.15, -0.1) is 0 Å². The summed E-state index contributed by atoms with van der Waals surface area (Å²) >= 11 is 0. The molecule has 128 valence electrons. The highest BCUT2D eigenvalue weighted by Crippen LogP contribution is 2.08. The number of nitrogens with two attached hydrogens (primary N) is 1. The van der Waals surface area contributed by atoms with Crippen molar-refractivity contribution < 1.29 is 18.0 Å². The predicted octanol–water partition coefficient (Wildman–Crippen LogP) is 0.252. The highest BCUT2D eigenvalue weighted by Gasteiger charge is 2.22. The number of sulfonamides is 1. The van der Waals surface area contributed by atoms with Crippen LogP contribution in [-0.4, -0.2) is 26.3 Å². The van der Waals surface area contributed by atoms with Crippen LogP contribution >= 0.6 is 0 Å². The van der Waals surface area contributed by atoms with Crippen LogP contribution in [0.2, 0.25) is 0 Å². The highest BCUT2D eigenvalue weighted by molar-refractivity contribution is 7.88. The maximum Gasteiger partial charge on any atom is 0.243 e. The lowest BCUT2D eigenvalue weighted by molar-refractivity contribution is -0.129. The first-order valence-corrected chi connectivity index (χ1v) is 8.93. The van der Waals surface area contributed by atoms with Gasteiger partial charge in [0.25, 0.3) is 0 Å².